The number of rotatable bonds is 6. The predicted octanol–water partition coefficient (Wildman–Crippen LogP) is 5.90. The molecule has 0 aliphatic rings. The topological polar surface area (TPSA) is 59.8 Å². The number of amides is 1. The summed E-state index contributed by atoms with van der Waals surface area (Å²) in [6, 6.07) is 28.1. The summed E-state index contributed by atoms with van der Waals surface area (Å²) >= 11 is 1.63. The van der Waals surface area contributed by atoms with Crippen LogP contribution in [0, 0.1) is 6.92 Å². The lowest BCUT2D eigenvalue weighted by Crippen LogP contribution is -2.23. The zero-order valence-corrected chi connectivity index (χ0v) is 18.9. The normalized spacial score (nSPS) is 10.8. The number of benzene rings is 3. The molecule has 0 bridgehead atoms. The first-order valence-electron chi connectivity index (χ1n) is 10.7. The first-order chi connectivity index (χ1) is 16.2. The fourth-order valence-corrected chi connectivity index (χ4v) is 4.49. The van der Waals surface area contributed by atoms with E-state index in [0.29, 0.717) is 12.1 Å². The summed E-state index contributed by atoms with van der Waals surface area (Å²) in [5.74, 6) is -0.133. The maximum absolute atomic E-state index is 12.7. The fraction of sp³-hybridized carbons (Fsp3) is 0.0741. The van der Waals surface area contributed by atoms with E-state index in [9.17, 15) is 4.79 Å². The highest BCUT2D eigenvalue weighted by Crippen LogP contribution is 2.29. The molecule has 0 fully saturated rings. The average Bonchev–Trinajstić information content (AvgIpc) is 3.51. The van der Waals surface area contributed by atoms with Gasteiger partial charge in [0, 0.05) is 23.1 Å². The Bertz CT molecular complexity index is 1370. The molecule has 0 unspecified atom stereocenters. The Morgan fingerprint density at radius 3 is 2.33 bits per heavy atom. The molecule has 0 aliphatic carbocycles. The summed E-state index contributed by atoms with van der Waals surface area (Å²) in [6.45, 7) is 2.35. The van der Waals surface area contributed by atoms with Gasteiger partial charge in [0.2, 0.25) is 0 Å². The van der Waals surface area contributed by atoms with Crippen molar-refractivity contribution in [2.45, 2.75) is 13.5 Å². The highest BCUT2D eigenvalue weighted by molar-refractivity contribution is 7.13. The summed E-state index contributed by atoms with van der Waals surface area (Å²) < 4.78 is 1.78. The molecule has 0 radical (unpaired) electrons. The van der Waals surface area contributed by atoms with Gasteiger partial charge in [0.15, 0.2) is 0 Å². The SMILES string of the molecule is Cc1c(C(=O)NCc2ccc(-c3nc(-c4ccccc4)cs3)cc2)cnn1-c1ccccc1. The number of nitrogens with one attached hydrogen (secondary N) is 1. The molecule has 0 aliphatic heterocycles. The van der Waals surface area contributed by atoms with Crippen molar-refractivity contribution >= 4 is 17.2 Å². The van der Waals surface area contributed by atoms with Crippen molar-refractivity contribution in [1.82, 2.24) is 20.1 Å². The maximum atomic E-state index is 12.7. The zero-order chi connectivity index (χ0) is 22.6. The van der Waals surface area contributed by atoms with E-state index in [1.54, 1.807) is 22.2 Å². The molecule has 5 aromatic rings. The van der Waals surface area contributed by atoms with Crippen LogP contribution in [0.15, 0.2) is 96.5 Å². The quantitative estimate of drug-likeness (QED) is 0.350. The number of thiazole rings is 1. The molecule has 0 saturated heterocycles. The highest BCUT2D eigenvalue weighted by Gasteiger charge is 2.15. The van der Waals surface area contributed by atoms with Gasteiger partial charge in [0.25, 0.3) is 5.91 Å². The highest BCUT2D eigenvalue weighted by atomic mass is 32.1. The van der Waals surface area contributed by atoms with Crippen LogP contribution in [0.1, 0.15) is 21.6 Å². The predicted molar refractivity (Wildman–Crippen MR) is 132 cm³/mol. The van der Waals surface area contributed by atoms with Gasteiger partial charge >= 0.3 is 0 Å². The van der Waals surface area contributed by atoms with Crippen molar-refractivity contribution in [2.24, 2.45) is 0 Å². The Morgan fingerprint density at radius 1 is 0.909 bits per heavy atom. The van der Waals surface area contributed by atoms with Crippen LogP contribution < -0.4 is 5.32 Å². The van der Waals surface area contributed by atoms with E-state index in [1.165, 1.54) is 0 Å². The number of carbonyl (C=O) groups is 1. The number of nitrogens with zero attached hydrogens (tertiary/aromatic N) is 3. The lowest BCUT2D eigenvalue weighted by molar-refractivity contribution is 0.0950. The molecular weight excluding hydrogens is 428 g/mol. The van der Waals surface area contributed by atoms with Gasteiger partial charge < -0.3 is 5.32 Å². The minimum atomic E-state index is -0.133. The Balaban J connectivity index is 1.24. The molecule has 6 heteroatoms. The third kappa shape index (κ3) is 4.47. The summed E-state index contributed by atoms with van der Waals surface area (Å²) in [5.41, 5.74) is 6.52. The second kappa shape index (κ2) is 9.22. The number of para-hydroxylation sites is 1. The largest absolute Gasteiger partial charge is 0.348 e. The van der Waals surface area contributed by atoms with Crippen molar-refractivity contribution in [3.05, 3.63) is 113 Å². The Morgan fingerprint density at radius 2 is 1.61 bits per heavy atom. The van der Waals surface area contributed by atoms with Crippen LogP contribution in [0.25, 0.3) is 27.5 Å². The third-order valence-electron chi connectivity index (χ3n) is 5.48. The smallest absolute Gasteiger partial charge is 0.255 e. The van der Waals surface area contributed by atoms with Crippen molar-refractivity contribution in [3.63, 3.8) is 0 Å². The standard InChI is InChI=1S/C27H22N4OS/c1-19-24(17-29-31(19)23-10-6-3-7-11-23)26(32)28-16-20-12-14-22(15-13-20)27-30-25(18-33-27)21-8-4-2-5-9-21/h2-15,17-18H,16H2,1H3,(H,28,32). The molecule has 0 saturated carbocycles. The number of aromatic nitrogens is 3. The summed E-state index contributed by atoms with van der Waals surface area (Å²) in [6.07, 6.45) is 1.62. The third-order valence-corrected chi connectivity index (χ3v) is 6.37. The summed E-state index contributed by atoms with van der Waals surface area (Å²) in [4.78, 5) is 17.5. The fourth-order valence-electron chi connectivity index (χ4n) is 3.65. The molecule has 33 heavy (non-hydrogen) atoms. The minimum absolute atomic E-state index is 0.133. The van der Waals surface area contributed by atoms with Crippen molar-refractivity contribution in [1.29, 1.82) is 0 Å². The van der Waals surface area contributed by atoms with Crippen LogP contribution in [0.4, 0.5) is 0 Å². The number of carbonyl (C=O) groups excluding carboxylic acids is 1. The monoisotopic (exact) mass is 450 g/mol. The zero-order valence-electron chi connectivity index (χ0n) is 18.1. The van der Waals surface area contributed by atoms with E-state index in [1.807, 2.05) is 79.7 Å². The van der Waals surface area contributed by atoms with Gasteiger partial charge in [-0.05, 0) is 24.6 Å². The van der Waals surface area contributed by atoms with Crippen molar-refractivity contribution in [3.8, 4) is 27.5 Å². The van der Waals surface area contributed by atoms with Crippen LogP contribution in [0.5, 0.6) is 0 Å². The molecule has 162 valence electrons. The molecule has 0 spiro atoms. The van der Waals surface area contributed by atoms with E-state index in [-0.39, 0.29) is 5.91 Å². The lowest BCUT2D eigenvalue weighted by atomic mass is 10.1. The summed E-state index contributed by atoms with van der Waals surface area (Å²) in [7, 11) is 0. The van der Waals surface area contributed by atoms with Gasteiger partial charge in [-0.1, -0.05) is 72.8 Å². The molecular formula is C27H22N4OS. The van der Waals surface area contributed by atoms with E-state index >= 15 is 0 Å². The van der Waals surface area contributed by atoms with E-state index in [0.717, 1.165) is 38.8 Å². The molecule has 2 heterocycles. The molecule has 1 amide bonds. The number of hydrogen-bond donors (Lipinski definition) is 1. The Labute approximate surface area is 196 Å². The Kier molecular flexibility index (Phi) is 5.83. The maximum Gasteiger partial charge on any atom is 0.255 e. The van der Waals surface area contributed by atoms with Crippen LogP contribution in [-0.4, -0.2) is 20.7 Å². The van der Waals surface area contributed by atoms with Crippen LogP contribution >= 0.6 is 11.3 Å². The molecule has 0 atom stereocenters. The van der Waals surface area contributed by atoms with Crippen molar-refractivity contribution < 1.29 is 4.79 Å². The second-order valence-electron chi connectivity index (χ2n) is 7.67. The van der Waals surface area contributed by atoms with Gasteiger partial charge in [-0.15, -0.1) is 11.3 Å². The summed E-state index contributed by atoms with van der Waals surface area (Å²) in [5, 5.41) is 10.4. The number of hydrogen-bond acceptors (Lipinski definition) is 4. The molecule has 5 nitrogen and oxygen atoms in total. The van der Waals surface area contributed by atoms with Gasteiger partial charge in [-0.25, -0.2) is 9.67 Å². The molecule has 5 rings (SSSR count). The van der Waals surface area contributed by atoms with Crippen molar-refractivity contribution in [2.75, 3.05) is 0 Å². The first kappa shape index (κ1) is 20.8. The molecule has 1 N–H and O–H groups in total. The molecule has 3 aromatic carbocycles. The van der Waals surface area contributed by atoms with E-state index < -0.39 is 0 Å². The van der Waals surface area contributed by atoms with E-state index in [4.69, 9.17) is 4.98 Å². The first-order valence-corrected chi connectivity index (χ1v) is 11.6. The van der Waals surface area contributed by atoms with Gasteiger partial charge in [0.05, 0.1) is 28.8 Å². The van der Waals surface area contributed by atoms with Gasteiger partial charge in [0.1, 0.15) is 5.01 Å². The average molecular weight is 451 g/mol. The van der Waals surface area contributed by atoms with Crippen LogP contribution in [0.3, 0.4) is 0 Å². The minimum Gasteiger partial charge on any atom is -0.348 e. The van der Waals surface area contributed by atoms with Crippen LogP contribution in [0.2, 0.25) is 0 Å². The van der Waals surface area contributed by atoms with E-state index in [2.05, 4.69) is 27.9 Å². The molecule has 2 aromatic heterocycles. The van der Waals surface area contributed by atoms with Gasteiger partial charge in [-0.3, -0.25) is 4.79 Å². The van der Waals surface area contributed by atoms with Crippen LogP contribution in [-0.2, 0) is 6.54 Å². The lowest BCUT2D eigenvalue weighted by Gasteiger charge is -2.07. The Hall–Kier alpha value is -4.03. The van der Waals surface area contributed by atoms with Gasteiger partial charge in [-0.2, -0.15) is 5.10 Å². The second-order valence-corrected chi connectivity index (χ2v) is 8.53.